The third-order valence-electron chi connectivity index (χ3n) is 5.95. The van der Waals surface area contributed by atoms with Gasteiger partial charge in [-0.2, -0.15) is 0 Å². The van der Waals surface area contributed by atoms with E-state index in [2.05, 4.69) is 5.32 Å². The molecule has 1 aliphatic carbocycles. The van der Waals surface area contributed by atoms with E-state index in [1.807, 2.05) is 19.1 Å². The first-order valence-electron chi connectivity index (χ1n) is 11.4. The molecular formula is C24H32N2O7. The Hall–Kier alpha value is -2.75. The fraction of sp³-hybridized carbons (Fsp3) is 0.542. The number of aliphatic hydroxyl groups excluding tert-OH is 2. The number of rotatable bonds is 11. The highest BCUT2D eigenvalue weighted by atomic mass is 16.5. The average Bonchev–Trinajstić information content (AvgIpc) is 3.22. The number of carbonyl (C=O) groups is 3. The second-order valence-electron chi connectivity index (χ2n) is 8.01. The lowest BCUT2D eigenvalue weighted by Crippen LogP contribution is -2.57. The lowest BCUT2D eigenvalue weighted by molar-refractivity contribution is -0.148. The summed E-state index contributed by atoms with van der Waals surface area (Å²) in [6, 6.07) is 6.31. The smallest absolute Gasteiger partial charge is 0.290 e. The zero-order valence-electron chi connectivity index (χ0n) is 19.0. The molecule has 1 aromatic carbocycles. The van der Waals surface area contributed by atoms with Crippen LogP contribution in [-0.2, 0) is 19.1 Å². The van der Waals surface area contributed by atoms with Gasteiger partial charge in [0.2, 0.25) is 11.7 Å². The van der Waals surface area contributed by atoms with Crippen LogP contribution in [0.4, 0.5) is 0 Å². The number of carbonyl (C=O) groups excluding carboxylic acids is 3. The number of benzene rings is 1. The zero-order chi connectivity index (χ0) is 24.0. The first-order chi connectivity index (χ1) is 15.9. The lowest BCUT2D eigenvalue weighted by atomic mass is 9.77. The van der Waals surface area contributed by atoms with E-state index in [9.17, 15) is 19.5 Å². The van der Waals surface area contributed by atoms with Gasteiger partial charge in [-0.3, -0.25) is 14.4 Å². The van der Waals surface area contributed by atoms with Crippen molar-refractivity contribution >= 4 is 17.6 Å². The van der Waals surface area contributed by atoms with Crippen molar-refractivity contribution in [2.45, 2.75) is 50.9 Å². The Bertz CT molecular complexity index is 901. The third-order valence-corrected chi connectivity index (χ3v) is 5.95. The molecule has 0 bridgehead atoms. The van der Waals surface area contributed by atoms with Gasteiger partial charge in [0.15, 0.2) is 0 Å². The fourth-order valence-electron chi connectivity index (χ4n) is 4.37. The molecule has 1 aliphatic heterocycles. The summed E-state index contributed by atoms with van der Waals surface area (Å²) >= 11 is 0. The molecule has 9 nitrogen and oxygen atoms in total. The normalized spacial score (nSPS) is 23.1. The van der Waals surface area contributed by atoms with E-state index in [1.165, 1.54) is 4.90 Å². The van der Waals surface area contributed by atoms with Crippen LogP contribution >= 0.6 is 0 Å². The van der Waals surface area contributed by atoms with Crippen molar-refractivity contribution < 1.29 is 34.1 Å². The van der Waals surface area contributed by atoms with E-state index in [4.69, 9.17) is 14.6 Å². The van der Waals surface area contributed by atoms with E-state index in [0.29, 0.717) is 31.0 Å². The molecule has 2 aliphatic rings. The Morgan fingerprint density at radius 1 is 1.21 bits per heavy atom. The first-order valence-corrected chi connectivity index (χ1v) is 11.4. The zero-order valence-corrected chi connectivity index (χ0v) is 19.0. The highest BCUT2D eigenvalue weighted by Gasteiger charge is 2.50. The molecule has 2 amide bonds. The largest absolute Gasteiger partial charge is 0.486 e. The van der Waals surface area contributed by atoms with Crippen LogP contribution in [0.15, 0.2) is 35.9 Å². The number of hydrogen-bond acceptors (Lipinski definition) is 7. The van der Waals surface area contributed by atoms with Gasteiger partial charge < -0.3 is 29.9 Å². The number of nitrogens with one attached hydrogen (secondary N) is 1. The number of aliphatic hydroxyl groups is 2. The van der Waals surface area contributed by atoms with Crippen LogP contribution in [0.5, 0.6) is 5.75 Å². The molecule has 1 aromatic rings. The van der Waals surface area contributed by atoms with Gasteiger partial charge >= 0.3 is 0 Å². The monoisotopic (exact) mass is 460 g/mol. The number of ether oxygens (including phenoxy) is 2. The Labute approximate surface area is 193 Å². The number of Topliss-reactive ketones (excluding diaryl/α,β-unsaturated/α-hetero) is 1. The average molecular weight is 461 g/mol. The van der Waals surface area contributed by atoms with Gasteiger partial charge in [0.05, 0.1) is 18.6 Å². The molecule has 0 fully saturated rings. The topological polar surface area (TPSA) is 125 Å². The molecule has 180 valence electrons. The number of hydrogen-bond donors (Lipinski definition) is 3. The summed E-state index contributed by atoms with van der Waals surface area (Å²) in [5, 5.41) is 23.1. The number of nitrogens with zero attached hydrogens (tertiary/aromatic N) is 1. The number of para-hydroxylation sites is 1. The Morgan fingerprint density at radius 3 is 2.67 bits per heavy atom. The highest BCUT2D eigenvalue weighted by Crippen LogP contribution is 2.47. The Morgan fingerprint density at radius 2 is 1.97 bits per heavy atom. The van der Waals surface area contributed by atoms with Gasteiger partial charge in [0.1, 0.15) is 18.0 Å². The van der Waals surface area contributed by atoms with E-state index in [0.717, 1.165) is 5.56 Å². The first kappa shape index (κ1) is 24.9. The van der Waals surface area contributed by atoms with Crippen molar-refractivity contribution in [1.29, 1.82) is 0 Å². The van der Waals surface area contributed by atoms with E-state index >= 15 is 0 Å². The molecule has 0 unspecified atom stereocenters. The van der Waals surface area contributed by atoms with E-state index < -0.39 is 41.8 Å². The lowest BCUT2D eigenvalue weighted by Gasteiger charge is -2.40. The molecule has 0 radical (unpaired) electrons. The van der Waals surface area contributed by atoms with Crippen molar-refractivity contribution in [3.05, 3.63) is 41.5 Å². The van der Waals surface area contributed by atoms with Crippen LogP contribution in [0.25, 0.3) is 0 Å². The molecule has 0 saturated carbocycles. The number of amides is 2. The van der Waals surface area contributed by atoms with Gasteiger partial charge in [0, 0.05) is 43.9 Å². The van der Waals surface area contributed by atoms with Crippen molar-refractivity contribution in [1.82, 2.24) is 10.2 Å². The molecule has 0 saturated heterocycles. The van der Waals surface area contributed by atoms with E-state index in [-0.39, 0.29) is 26.1 Å². The standard InChI is InChI=1S/C24H32N2O7/c1-3-18(28)24(31)26(11-7-13-32-4-2)17-14-16(23(30)25-10-12-27)20-15-8-5-6-9-19(15)33-22(20)21(17)29/h5-6,8-9,14,17,20-22,27,29H,3-4,7,10-13H2,1-2H3,(H,25,30)/t17-,20+,21+,22+/m1/s1. The maximum absolute atomic E-state index is 13.0. The molecule has 33 heavy (non-hydrogen) atoms. The fourth-order valence-corrected chi connectivity index (χ4v) is 4.37. The SMILES string of the molecule is CCOCCCN(C(=O)C(=O)CC)[C@@H]1C=C(C(=O)NCCO)[C@@H]2c3ccccc3O[C@@H]2[C@H]1O. The molecule has 3 N–H and O–H groups in total. The predicted molar refractivity (Wildman–Crippen MR) is 120 cm³/mol. The van der Waals surface area contributed by atoms with Crippen LogP contribution in [-0.4, -0.2) is 83.9 Å². The Balaban J connectivity index is 1.99. The molecule has 9 heteroatoms. The number of ketones is 1. The summed E-state index contributed by atoms with van der Waals surface area (Å²) in [5.41, 5.74) is 1.10. The molecule has 1 heterocycles. The molecule has 3 rings (SSSR count). The van der Waals surface area contributed by atoms with Crippen molar-refractivity contribution in [3.63, 3.8) is 0 Å². The molecule has 0 aromatic heterocycles. The minimum Gasteiger partial charge on any atom is -0.486 e. The third kappa shape index (κ3) is 5.26. The van der Waals surface area contributed by atoms with Gasteiger partial charge in [-0.05, 0) is 25.5 Å². The summed E-state index contributed by atoms with van der Waals surface area (Å²) < 4.78 is 11.4. The minimum absolute atomic E-state index is 0.0329. The summed E-state index contributed by atoms with van der Waals surface area (Å²) in [7, 11) is 0. The van der Waals surface area contributed by atoms with Crippen LogP contribution in [0.1, 0.15) is 38.2 Å². The Kier molecular flexibility index (Phi) is 8.60. The van der Waals surface area contributed by atoms with Gasteiger partial charge in [0.25, 0.3) is 5.91 Å². The second kappa shape index (κ2) is 11.4. The maximum atomic E-state index is 13.0. The van der Waals surface area contributed by atoms with Crippen LogP contribution in [0.3, 0.4) is 0 Å². The minimum atomic E-state index is -1.16. The van der Waals surface area contributed by atoms with Crippen molar-refractivity contribution in [3.8, 4) is 5.75 Å². The molecule has 4 atom stereocenters. The highest BCUT2D eigenvalue weighted by molar-refractivity contribution is 6.36. The van der Waals surface area contributed by atoms with Crippen LogP contribution < -0.4 is 10.1 Å². The quantitative estimate of drug-likeness (QED) is 0.325. The van der Waals surface area contributed by atoms with Crippen molar-refractivity contribution in [2.24, 2.45) is 0 Å². The summed E-state index contributed by atoms with van der Waals surface area (Å²) in [4.78, 5) is 39.6. The van der Waals surface area contributed by atoms with Gasteiger partial charge in [-0.1, -0.05) is 25.1 Å². The van der Waals surface area contributed by atoms with E-state index in [1.54, 1.807) is 25.1 Å². The van der Waals surface area contributed by atoms with Crippen LogP contribution in [0, 0.1) is 0 Å². The predicted octanol–water partition coefficient (Wildman–Crippen LogP) is 0.544. The maximum Gasteiger partial charge on any atom is 0.290 e. The van der Waals surface area contributed by atoms with Gasteiger partial charge in [-0.25, -0.2) is 0 Å². The summed E-state index contributed by atoms with van der Waals surface area (Å²) in [6.45, 7) is 4.41. The second-order valence-corrected chi connectivity index (χ2v) is 8.01. The van der Waals surface area contributed by atoms with Crippen LogP contribution in [0.2, 0.25) is 0 Å². The molecule has 0 spiro atoms. The van der Waals surface area contributed by atoms with Gasteiger partial charge in [-0.15, -0.1) is 0 Å². The number of fused-ring (bicyclic) bond motifs is 3. The summed E-state index contributed by atoms with van der Waals surface area (Å²) in [6.07, 6.45) is 0.106. The van der Waals surface area contributed by atoms with Crippen molar-refractivity contribution in [2.75, 3.05) is 32.9 Å². The molecular weight excluding hydrogens is 428 g/mol. The summed E-state index contributed by atoms with van der Waals surface area (Å²) in [5.74, 6) is -1.67.